The van der Waals surface area contributed by atoms with Crippen LogP contribution in [0.3, 0.4) is 0 Å². The Morgan fingerprint density at radius 3 is 2.68 bits per heavy atom. The van der Waals surface area contributed by atoms with Crippen molar-refractivity contribution < 1.29 is 9.53 Å². The molecule has 0 aromatic heterocycles. The summed E-state index contributed by atoms with van der Waals surface area (Å²) in [5.41, 5.74) is 7.59. The molecule has 19 heavy (non-hydrogen) atoms. The van der Waals surface area contributed by atoms with E-state index in [0.717, 1.165) is 12.8 Å². The number of carbonyl (C=O) groups is 1. The number of hydrogen-bond donors (Lipinski definition) is 1. The zero-order valence-electron chi connectivity index (χ0n) is 12.5. The average molecular weight is 270 g/mol. The van der Waals surface area contributed by atoms with Crippen molar-refractivity contribution in [3.63, 3.8) is 0 Å². The van der Waals surface area contributed by atoms with Crippen molar-refractivity contribution in [2.24, 2.45) is 11.0 Å². The fourth-order valence-corrected chi connectivity index (χ4v) is 2.10. The Kier molecular flexibility index (Phi) is 9.00. The lowest BCUT2D eigenvalue weighted by molar-refractivity contribution is -0.149. The molecule has 0 aliphatic rings. The van der Waals surface area contributed by atoms with Gasteiger partial charge in [-0.05, 0) is 37.3 Å². The van der Waals surface area contributed by atoms with Gasteiger partial charge in [0.1, 0.15) is 5.54 Å². The van der Waals surface area contributed by atoms with Crippen molar-refractivity contribution in [3.05, 3.63) is 10.4 Å². The second-order valence-electron chi connectivity index (χ2n) is 4.88. The third-order valence-electron chi connectivity index (χ3n) is 3.54. The first-order chi connectivity index (χ1) is 9.06. The summed E-state index contributed by atoms with van der Waals surface area (Å²) < 4.78 is 4.95. The molecular formula is C13H26N4O2. The zero-order chi connectivity index (χ0) is 14.7. The molecule has 0 radical (unpaired) electrons. The van der Waals surface area contributed by atoms with Crippen LogP contribution < -0.4 is 5.32 Å². The molecule has 0 saturated heterocycles. The molecule has 6 heteroatoms. The summed E-state index contributed by atoms with van der Waals surface area (Å²) in [4.78, 5) is 14.8. The maximum atomic E-state index is 12.1. The van der Waals surface area contributed by atoms with Gasteiger partial charge in [0.15, 0.2) is 0 Å². The Morgan fingerprint density at radius 2 is 2.21 bits per heavy atom. The van der Waals surface area contributed by atoms with Gasteiger partial charge in [-0.25, -0.2) is 0 Å². The molecule has 0 aromatic rings. The molecule has 0 aliphatic heterocycles. The molecule has 2 unspecified atom stereocenters. The minimum atomic E-state index is -0.624. The third-order valence-corrected chi connectivity index (χ3v) is 3.54. The first kappa shape index (κ1) is 17.7. The van der Waals surface area contributed by atoms with E-state index in [1.807, 2.05) is 6.92 Å². The summed E-state index contributed by atoms with van der Waals surface area (Å²) in [5.74, 6) is 0.239. The lowest BCUT2D eigenvalue weighted by Gasteiger charge is -2.33. The molecule has 0 fully saturated rings. The van der Waals surface area contributed by atoms with Gasteiger partial charge >= 0.3 is 5.97 Å². The lowest BCUT2D eigenvalue weighted by Crippen LogP contribution is -2.53. The van der Waals surface area contributed by atoms with E-state index < -0.39 is 5.54 Å². The van der Waals surface area contributed by atoms with Crippen molar-refractivity contribution in [2.75, 3.05) is 20.2 Å². The van der Waals surface area contributed by atoms with Gasteiger partial charge in [0.2, 0.25) is 0 Å². The van der Waals surface area contributed by atoms with E-state index in [1.54, 1.807) is 0 Å². The number of nitrogens with one attached hydrogen (secondary N) is 1. The molecular weight excluding hydrogens is 244 g/mol. The van der Waals surface area contributed by atoms with Crippen LogP contribution in [0.5, 0.6) is 0 Å². The van der Waals surface area contributed by atoms with Crippen LogP contribution in [-0.2, 0) is 9.53 Å². The van der Waals surface area contributed by atoms with Gasteiger partial charge in [0.05, 0.1) is 7.11 Å². The minimum absolute atomic E-state index is 0.209. The first-order valence-electron chi connectivity index (χ1n) is 6.90. The lowest BCUT2D eigenvalue weighted by atomic mass is 9.84. The number of hydrogen-bond acceptors (Lipinski definition) is 4. The van der Waals surface area contributed by atoms with Crippen LogP contribution in [0, 0.1) is 5.92 Å². The number of esters is 1. The van der Waals surface area contributed by atoms with Gasteiger partial charge < -0.3 is 10.1 Å². The van der Waals surface area contributed by atoms with Gasteiger partial charge in [0, 0.05) is 11.5 Å². The molecule has 6 nitrogen and oxygen atoms in total. The highest BCUT2D eigenvalue weighted by Crippen LogP contribution is 2.24. The van der Waals surface area contributed by atoms with E-state index in [4.69, 9.17) is 10.3 Å². The van der Waals surface area contributed by atoms with Crippen molar-refractivity contribution in [2.45, 2.75) is 52.0 Å². The smallest absolute Gasteiger partial charge is 0.326 e. The van der Waals surface area contributed by atoms with Crippen LogP contribution in [0.25, 0.3) is 10.4 Å². The average Bonchev–Trinajstić information content (AvgIpc) is 2.44. The standard InChI is InChI=1S/C13H26N4O2/c1-5-11(3)10-13(6-2,12(18)19-4)15-8-7-9-16-17-14/h11,15H,5-10H2,1-4H3. The molecule has 0 aliphatic carbocycles. The summed E-state index contributed by atoms with van der Waals surface area (Å²) in [5, 5.41) is 6.78. The van der Waals surface area contributed by atoms with E-state index in [0.29, 0.717) is 31.8 Å². The van der Waals surface area contributed by atoms with Crippen molar-refractivity contribution >= 4 is 5.97 Å². The molecule has 0 saturated carbocycles. The second-order valence-corrected chi connectivity index (χ2v) is 4.88. The van der Waals surface area contributed by atoms with E-state index in [2.05, 4.69) is 29.2 Å². The molecule has 0 amide bonds. The number of methoxy groups -OCH3 is 1. The fourth-order valence-electron chi connectivity index (χ4n) is 2.10. The van der Waals surface area contributed by atoms with Crippen molar-refractivity contribution in [1.82, 2.24) is 5.32 Å². The molecule has 1 N–H and O–H groups in total. The van der Waals surface area contributed by atoms with E-state index in [-0.39, 0.29) is 5.97 Å². The highest BCUT2D eigenvalue weighted by molar-refractivity contribution is 5.80. The van der Waals surface area contributed by atoms with Crippen molar-refractivity contribution in [3.8, 4) is 0 Å². The summed E-state index contributed by atoms with van der Waals surface area (Å²) in [6, 6.07) is 0. The SMILES string of the molecule is CCC(C)CC(CC)(NCCCN=[N+]=[N-])C(=O)OC. The fraction of sp³-hybridized carbons (Fsp3) is 0.923. The summed E-state index contributed by atoms with van der Waals surface area (Å²) in [6.45, 7) is 7.31. The number of azide groups is 1. The quantitative estimate of drug-likeness (QED) is 0.217. The summed E-state index contributed by atoms with van der Waals surface area (Å²) in [7, 11) is 1.42. The van der Waals surface area contributed by atoms with Gasteiger partial charge in [-0.3, -0.25) is 4.79 Å². The molecule has 0 rings (SSSR count). The monoisotopic (exact) mass is 270 g/mol. The molecule has 0 aromatic carbocycles. The van der Waals surface area contributed by atoms with Crippen molar-refractivity contribution in [1.29, 1.82) is 0 Å². The summed E-state index contributed by atoms with van der Waals surface area (Å²) >= 11 is 0. The largest absolute Gasteiger partial charge is 0.468 e. The highest BCUT2D eigenvalue weighted by atomic mass is 16.5. The maximum absolute atomic E-state index is 12.1. The molecule has 0 spiro atoms. The Hall–Kier alpha value is -1.26. The van der Waals surface area contributed by atoms with Crippen LogP contribution in [0.2, 0.25) is 0 Å². The van der Waals surface area contributed by atoms with Crippen LogP contribution in [0.4, 0.5) is 0 Å². The van der Waals surface area contributed by atoms with Crippen LogP contribution in [0.1, 0.15) is 46.5 Å². The molecule has 110 valence electrons. The van der Waals surface area contributed by atoms with Gasteiger partial charge in [0.25, 0.3) is 0 Å². The Bertz CT molecular complexity index is 316. The Morgan fingerprint density at radius 1 is 1.53 bits per heavy atom. The Balaban J connectivity index is 4.63. The summed E-state index contributed by atoms with van der Waals surface area (Å²) in [6.07, 6.45) is 3.18. The van der Waals surface area contributed by atoms with E-state index >= 15 is 0 Å². The zero-order valence-corrected chi connectivity index (χ0v) is 12.5. The van der Waals surface area contributed by atoms with Crippen LogP contribution in [0.15, 0.2) is 5.11 Å². The number of carbonyl (C=O) groups excluding carboxylic acids is 1. The van der Waals surface area contributed by atoms with E-state index in [1.165, 1.54) is 7.11 Å². The predicted molar refractivity (Wildman–Crippen MR) is 75.7 cm³/mol. The topological polar surface area (TPSA) is 87.1 Å². The maximum Gasteiger partial charge on any atom is 0.326 e. The number of rotatable bonds is 10. The normalized spacial score (nSPS) is 15.2. The molecule has 0 heterocycles. The highest BCUT2D eigenvalue weighted by Gasteiger charge is 2.38. The van der Waals surface area contributed by atoms with E-state index in [9.17, 15) is 4.79 Å². The number of ether oxygens (including phenoxy) is 1. The first-order valence-corrected chi connectivity index (χ1v) is 6.90. The van der Waals surface area contributed by atoms with Crippen LogP contribution in [-0.4, -0.2) is 31.7 Å². The minimum Gasteiger partial charge on any atom is -0.468 e. The number of nitrogens with zero attached hydrogens (tertiary/aromatic N) is 3. The second kappa shape index (κ2) is 9.64. The van der Waals surface area contributed by atoms with Gasteiger partial charge in [-0.15, -0.1) is 0 Å². The van der Waals surface area contributed by atoms with Gasteiger partial charge in [-0.1, -0.05) is 32.3 Å². The predicted octanol–water partition coefficient (Wildman–Crippen LogP) is 3.03. The molecule has 2 atom stereocenters. The Labute approximate surface area is 115 Å². The third kappa shape index (κ3) is 5.94. The van der Waals surface area contributed by atoms with Gasteiger partial charge in [-0.2, -0.15) is 0 Å². The van der Waals surface area contributed by atoms with Crippen LogP contribution >= 0.6 is 0 Å². The molecule has 0 bridgehead atoms.